The second kappa shape index (κ2) is 11.7. The van der Waals surface area contributed by atoms with E-state index in [9.17, 15) is 19.2 Å². The lowest BCUT2D eigenvalue weighted by Gasteiger charge is -2.29. The van der Waals surface area contributed by atoms with Gasteiger partial charge in [0.05, 0.1) is 20.7 Å². The molecule has 0 spiro atoms. The summed E-state index contributed by atoms with van der Waals surface area (Å²) in [4.78, 5) is 60.3. The number of thiophene rings is 3. The van der Waals surface area contributed by atoms with E-state index in [4.69, 9.17) is 0 Å². The molecule has 0 N–H and O–H groups in total. The van der Waals surface area contributed by atoms with E-state index in [2.05, 4.69) is 88.4 Å². The highest BCUT2D eigenvalue weighted by molar-refractivity contribution is 7.32. The van der Waals surface area contributed by atoms with Gasteiger partial charge in [-0.05, 0) is 138 Å². The Kier molecular flexibility index (Phi) is 6.79. The summed E-state index contributed by atoms with van der Waals surface area (Å²) in [5.74, 6) is -0.870. The monoisotopic (exact) mass is 840 g/mol. The highest BCUT2D eigenvalue weighted by Crippen LogP contribution is 2.64. The summed E-state index contributed by atoms with van der Waals surface area (Å²) in [5.41, 5.74) is 6.37. The van der Waals surface area contributed by atoms with Crippen LogP contribution >= 0.6 is 34.0 Å². The Hall–Kier alpha value is -6.38. The molecule has 7 heteroatoms. The molecule has 0 aliphatic heterocycles. The standard InChI is InChI=1S/C54H32O4S3/c1-53(2)33(21-39-46(55)35-17-29-13-25-9-5-6-10-26(25)14-30(29)18-36(35)47(39)56)22-41-43(53)44-51(60-41)52-45(54(44,3)4)50-42(61-52)24-34(59-50)23-40-48(57)37-19-31-15-27-11-7-8-12-28(27)16-32(31)20-38(37)49(40)58/h5-24H,1-4H3. The lowest BCUT2D eigenvalue weighted by Crippen LogP contribution is -2.24. The van der Waals surface area contributed by atoms with E-state index < -0.39 is 5.41 Å². The molecule has 4 nitrogen and oxygen atoms in total. The molecule has 0 saturated carbocycles. The molecule has 4 aliphatic rings. The summed E-state index contributed by atoms with van der Waals surface area (Å²) >= 11 is 5.22. The predicted molar refractivity (Wildman–Crippen MR) is 252 cm³/mol. The minimum atomic E-state index is -0.449. The van der Waals surface area contributed by atoms with Crippen LogP contribution in [0.3, 0.4) is 0 Å². The Balaban J connectivity index is 0.839. The fraction of sp³-hybridized carbons (Fsp3) is 0.111. The number of hydrogen-bond donors (Lipinski definition) is 0. The number of rotatable bonds is 2. The van der Waals surface area contributed by atoms with Crippen LogP contribution in [-0.2, 0) is 10.8 Å². The van der Waals surface area contributed by atoms with Crippen LogP contribution in [0, 0.1) is 0 Å². The molecular weight excluding hydrogens is 809 g/mol. The van der Waals surface area contributed by atoms with Crippen molar-refractivity contribution >= 4 is 122 Å². The zero-order valence-electron chi connectivity index (χ0n) is 33.4. The predicted octanol–water partition coefficient (Wildman–Crippen LogP) is 14.1. The van der Waals surface area contributed by atoms with Crippen molar-refractivity contribution < 1.29 is 19.2 Å². The number of allylic oxidation sites excluding steroid dienone is 4. The first-order valence-corrected chi connectivity index (χ1v) is 22.8. The molecule has 6 aromatic carbocycles. The molecule has 0 saturated heterocycles. The van der Waals surface area contributed by atoms with Crippen molar-refractivity contribution in [2.24, 2.45) is 0 Å². The van der Waals surface area contributed by atoms with Crippen LogP contribution in [0.5, 0.6) is 0 Å². The quantitative estimate of drug-likeness (QED) is 0.0988. The van der Waals surface area contributed by atoms with E-state index in [-0.39, 0.29) is 39.7 Å². The smallest absolute Gasteiger partial charge is 0.197 e. The van der Waals surface area contributed by atoms with Crippen molar-refractivity contribution in [3.8, 4) is 9.75 Å². The van der Waals surface area contributed by atoms with Crippen LogP contribution in [0.4, 0.5) is 0 Å². The van der Waals surface area contributed by atoms with Gasteiger partial charge in [-0.2, -0.15) is 0 Å². The Labute approximate surface area is 361 Å². The maximum absolute atomic E-state index is 14.0. The van der Waals surface area contributed by atoms with E-state index in [1.807, 2.05) is 54.6 Å². The van der Waals surface area contributed by atoms with Gasteiger partial charge < -0.3 is 0 Å². The van der Waals surface area contributed by atoms with Gasteiger partial charge in [-0.15, -0.1) is 34.0 Å². The van der Waals surface area contributed by atoms with E-state index in [1.54, 1.807) is 40.1 Å². The van der Waals surface area contributed by atoms with Crippen LogP contribution in [0.1, 0.15) is 95.6 Å². The van der Waals surface area contributed by atoms with Crippen LogP contribution < -0.4 is 0 Å². The largest absolute Gasteiger partial charge is 0.288 e. The minimum Gasteiger partial charge on any atom is -0.288 e. The number of ketones is 4. The second-order valence-corrected chi connectivity index (χ2v) is 21.1. The lowest BCUT2D eigenvalue weighted by molar-refractivity contribution is 0.0974. The van der Waals surface area contributed by atoms with Crippen molar-refractivity contribution in [1.82, 2.24) is 0 Å². The first-order valence-electron chi connectivity index (χ1n) is 20.4. The van der Waals surface area contributed by atoms with Gasteiger partial charge in [-0.25, -0.2) is 0 Å². The van der Waals surface area contributed by atoms with Gasteiger partial charge in [0.1, 0.15) is 0 Å². The van der Waals surface area contributed by atoms with E-state index in [1.165, 1.54) is 36.0 Å². The summed E-state index contributed by atoms with van der Waals surface area (Å²) in [6.45, 7) is 9.01. The molecule has 0 amide bonds. The molecule has 0 radical (unpaired) electrons. The topological polar surface area (TPSA) is 68.3 Å². The first-order chi connectivity index (χ1) is 29.3. The third kappa shape index (κ3) is 4.63. The van der Waals surface area contributed by atoms with Gasteiger partial charge >= 0.3 is 0 Å². The summed E-state index contributed by atoms with van der Waals surface area (Å²) in [6, 6.07) is 34.3. The number of hydrogen-bond acceptors (Lipinski definition) is 7. The normalized spacial score (nSPS) is 17.0. The van der Waals surface area contributed by atoms with Crippen molar-refractivity contribution in [2.45, 2.75) is 38.5 Å². The SMILES string of the molecule is CC1(C)C(C=C2C(=O)c3cc4cc5ccccc5cc4cc3C2=O)=Cc2sc3c(c21)C(C)(C)c1c-3sc2cc(C=C3C(=O)c4cc5cc6ccccc6cc5cc4C3=O)sc12. The van der Waals surface area contributed by atoms with Crippen LogP contribution in [0.2, 0.25) is 0 Å². The molecule has 0 atom stereocenters. The third-order valence-electron chi connectivity index (χ3n) is 13.6. The number of fused-ring (bicyclic) bond motifs is 13. The summed E-state index contributed by atoms with van der Waals surface area (Å²) in [7, 11) is 0. The van der Waals surface area contributed by atoms with Gasteiger partial charge in [-0.1, -0.05) is 76.2 Å². The van der Waals surface area contributed by atoms with Crippen LogP contribution in [-0.4, -0.2) is 23.1 Å². The molecule has 0 fully saturated rings. The molecular formula is C54H32O4S3. The highest BCUT2D eigenvalue weighted by atomic mass is 32.1. The summed E-state index contributed by atoms with van der Waals surface area (Å²) in [5, 5.41) is 8.18. The zero-order chi connectivity index (χ0) is 41.4. The van der Waals surface area contributed by atoms with Crippen molar-refractivity contribution in [3.63, 3.8) is 0 Å². The van der Waals surface area contributed by atoms with Crippen molar-refractivity contribution in [3.05, 3.63) is 175 Å². The number of benzene rings is 6. The van der Waals surface area contributed by atoms with Gasteiger partial charge in [0.2, 0.25) is 0 Å². The molecule has 0 bridgehead atoms. The Morgan fingerprint density at radius 3 is 1.36 bits per heavy atom. The maximum Gasteiger partial charge on any atom is 0.197 e. The summed E-state index contributed by atoms with van der Waals surface area (Å²) in [6.07, 6.45) is 5.84. The Bertz CT molecular complexity index is 3620. The van der Waals surface area contributed by atoms with Crippen molar-refractivity contribution in [1.29, 1.82) is 0 Å². The van der Waals surface area contributed by atoms with Gasteiger partial charge in [-0.3, -0.25) is 19.2 Å². The Morgan fingerprint density at radius 1 is 0.443 bits per heavy atom. The van der Waals surface area contributed by atoms with Crippen LogP contribution in [0.25, 0.3) is 74.4 Å². The molecule has 4 aliphatic carbocycles. The fourth-order valence-corrected chi connectivity index (χ4v) is 15.1. The second-order valence-electron chi connectivity index (χ2n) is 17.9. The van der Waals surface area contributed by atoms with E-state index in [0.717, 1.165) is 58.2 Å². The van der Waals surface area contributed by atoms with E-state index in [0.29, 0.717) is 22.3 Å². The molecule has 3 aromatic heterocycles. The number of carbonyl (C=O) groups is 4. The first kappa shape index (κ1) is 35.4. The average Bonchev–Trinajstić information content (AvgIpc) is 4.07. The lowest BCUT2D eigenvalue weighted by atomic mass is 9.73. The van der Waals surface area contributed by atoms with E-state index >= 15 is 0 Å². The zero-order valence-corrected chi connectivity index (χ0v) is 35.9. The van der Waals surface area contributed by atoms with Crippen molar-refractivity contribution in [2.75, 3.05) is 0 Å². The average molecular weight is 841 g/mol. The van der Waals surface area contributed by atoms with Gasteiger partial charge in [0.25, 0.3) is 0 Å². The Morgan fingerprint density at radius 2 is 0.885 bits per heavy atom. The summed E-state index contributed by atoms with van der Waals surface area (Å²) < 4.78 is 2.34. The van der Waals surface area contributed by atoms with Crippen LogP contribution in [0.15, 0.2) is 126 Å². The fourth-order valence-electron chi connectivity index (χ4n) is 10.5. The molecule has 0 unspecified atom stereocenters. The molecule has 9 aromatic rings. The molecule has 61 heavy (non-hydrogen) atoms. The number of Topliss-reactive ketones (excluding diaryl/α,β-unsaturated/α-hetero) is 4. The highest BCUT2D eigenvalue weighted by Gasteiger charge is 2.49. The third-order valence-corrected chi connectivity index (χ3v) is 17.3. The molecule has 3 heterocycles. The minimum absolute atomic E-state index is 0.215. The molecule has 13 rings (SSSR count). The number of carbonyl (C=O) groups excluding carboxylic acids is 4. The maximum atomic E-state index is 14.0. The van der Waals surface area contributed by atoms with Gasteiger partial charge in [0, 0.05) is 52.4 Å². The van der Waals surface area contributed by atoms with Gasteiger partial charge in [0.15, 0.2) is 23.1 Å². The molecule has 290 valence electrons.